The standard InChI is InChI=1S/C18H24N2O3/c1-13(21)10-15-4-3-8-20(15)18(22)12-19-9-7-14-11-16(23-2)5-6-17(14)19/h5-7,9,11,13,15,21H,3-4,8,10,12H2,1-2H3. The smallest absolute Gasteiger partial charge is 0.242 e. The third-order valence-corrected chi connectivity index (χ3v) is 4.59. The maximum atomic E-state index is 12.7. The van der Waals surface area contributed by atoms with Crippen LogP contribution in [0, 0.1) is 0 Å². The fourth-order valence-electron chi connectivity index (χ4n) is 3.48. The number of hydrogen-bond acceptors (Lipinski definition) is 3. The number of aromatic nitrogens is 1. The van der Waals surface area contributed by atoms with Crippen molar-refractivity contribution >= 4 is 16.8 Å². The summed E-state index contributed by atoms with van der Waals surface area (Å²) in [5, 5.41) is 10.7. The summed E-state index contributed by atoms with van der Waals surface area (Å²) in [6, 6.07) is 8.04. The van der Waals surface area contributed by atoms with Crippen molar-refractivity contribution in [2.75, 3.05) is 13.7 Å². The molecule has 1 aliphatic heterocycles. The number of aliphatic hydroxyl groups excluding tert-OH is 1. The first-order chi connectivity index (χ1) is 11.1. The van der Waals surface area contributed by atoms with Crippen molar-refractivity contribution in [2.45, 2.75) is 44.9 Å². The molecule has 1 aromatic heterocycles. The van der Waals surface area contributed by atoms with Crippen molar-refractivity contribution in [1.29, 1.82) is 0 Å². The summed E-state index contributed by atoms with van der Waals surface area (Å²) in [6.45, 7) is 2.92. The highest BCUT2D eigenvalue weighted by Crippen LogP contribution is 2.24. The lowest BCUT2D eigenvalue weighted by Gasteiger charge is -2.26. The first kappa shape index (κ1) is 15.9. The summed E-state index contributed by atoms with van der Waals surface area (Å²) in [6.07, 6.45) is 4.25. The Bertz CT molecular complexity index is 693. The molecular weight excluding hydrogens is 292 g/mol. The normalized spacial score (nSPS) is 19.3. The summed E-state index contributed by atoms with van der Waals surface area (Å²) < 4.78 is 7.22. The van der Waals surface area contributed by atoms with Crippen LogP contribution < -0.4 is 4.74 Å². The van der Waals surface area contributed by atoms with Gasteiger partial charge in [-0.2, -0.15) is 0 Å². The van der Waals surface area contributed by atoms with Gasteiger partial charge in [0.15, 0.2) is 0 Å². The van der Waals surface area contributed by atoms with Crippen molar-refractivity contribution in [3.63, 3.8) is 0 Å². The van der Waals surface area contributed by atoms with E-state index in [0.29, 0.717) is 13.0 Å². The van der Waals surface area contributed by atoms with Crippen LogP contribution in [0.25, 0.3) is 10.9 Å². The first-order valence-electron chi connectivity index (χ1n) is 8.19. The minimum atomic E-state index is -0.367. The maximum Gasteiger partial charge on any atom is 0.242 e. The number of amides is 1. The maximum absolute atomic E-state index is 12.7. The van der Waals surface area contributed by atoms with E-state index < -0.39 is 0 Å². The molecule has 0 saturated carbocycles. The molecule has 2 aromatic rings. The third-order valence-electron chi connectivity index (χ3n) is 4.59. The molecule has 2 atom stereocenters. The summed E-state index contributed by atoms with van der Waals surface area (Å²) in [5.74, 6) is 0.944. The second kappa shape index (κ2) is 6.62. The van der Waals surface area contributed by atoms with Gasteiger partial charge in [0.05, 0.1) is 13.2 Å². The molecule has 1 N–H and O–H groups in total. The van der Waals surface area contributed by atoms with Crippen molar-refractivity contribution in [2.24, 2.45) is 0 Å². The Labute approximate surface area is 136 Å². The Morgan fingerprint density at radius 3 is 3.00 bits per heavy atom. The molecule has 1 fully saturated rings. The van der Waals surface area contributed by atoms with Gasteiger partial charge in [0.25, 0.3) is 0 Å². The summed E-state index contributed by atoms with van der Waals surface area (Å²) in [7, 11) is 1.65. The van der Waals surface area contributed by atoms with Crippen LogP contribution in [0.5, 0.6) is 5.75 Å². The van der Waals surface area contributed by atoms with Gasteiger partial charge < -0.3 is 19.3 Å². The number of fused-ring (bicyclic) bond motifs is 1. The zero-order chi connectivity index (χ0) is 16.4. The Hall–Kier alpha value is -2.01. The lowest BCUT2D eigenvalue weighted by Crippen LogP contribution is -2.39. The minimum absolute atomic E-state index is 0.126. The molecule has 0 bridgehead atoms. The van der Waals surface area contributed by atoms with Crippen LogP contribution in [-0.2, 0) is 11.3 Å². The number of likely N-dealkylation sites (tertiary alicyclic amines) is 1. The van der Waals surface area contributed by atoms with E-state index in [-0.39, 0.29) is 18.1 Å². The Morgan fingerprint density at radius 1 is 1.43 bits per heavy atom. The third kappa shape index (κ3) is 3.34. The summed E-state index contributed by atoms with van der Waals surface area (Å²) in [5.41, 5.74) is 1.03. The molecule has 1 aromatic carbocycles. The fraction of sp³-hybridized carbons (Fsp3) is 0.500. The van der Waals surface area contributed by atoms with Crippen LogP contribution in [0.2, 0.25) is 0 Å². The molecule has 1 aliphatic rings. The number of methoxy groups -OCH3 is 1. The monoisotopic (exact) mass is 316 g/mol. The summed E-state index contributed by atoms with van der Waals surface area (Å²) in [4.78, 5) is 14.6. The zero-order valence-corrected chi connectivity index (χ0v) is 13.7. The fourth-order valence-corrected chi connectivity index (χ4v) is 3.48. The van der Waals surface area contributed by atoms with Gasteiger partial charge in [0, 0.05) is 29.7 Å². The number of rotatable bonds is 5. The molecule has 1 amide bonds. The Kier molecular flexibility index (Phi) is 4.57. The van der Waals surface area contributed by atoms with Gasteiger partial charge in [0.2, 0.25) is 5.91 Å². The number of nitrogens with zero attached hydrogens (tertiary/aromatic N) is 2. The topological polar surface area (TPSA) is 54.7 Å². The quantitative estimate of drug-likeness (QED) is 0.921. The van der Waals surface area contributed by atoms with Crippen LogP contribution in [0.1, 0.15) is 26.2 Å². The Balaban J connectivity index is 1.75. The predicted octanol–water partition coefficient (Wildman–Crippen LogP) is 2.41. The number of carbonyl (C=O) groups is 1. The van der Waals surface area contributed by atoms with Gasteiger partial charge in [-0.25, -0.2) is 0 Å². The number of ether oxygens (including phenoxy) is 1. The zero-order valence-electron chi connectivity index (χ0n) is 13.7. The number of hydrogen-bond donors (Lipinski definition) is 1. The molecule has 23 heavy (non-hydrogen) atoms. The Morgan fingerprint density at radius 2 is 2.26 bits per heavy atom. The van der Waals surface area contributed by atoms with Gasteiger partial charge in [-0.05, 0) is 50.5 Å². The van der Waals surface area contributed by atoms with E-state index >= 15 is 0 Å². The van der Waals surface area contributed by atoms with Gasteiger partial charge in [-0.15, -0.1) is 0 Å². The number of aliphatic hydroxyl groups is 1. The van der Waals surface area contributed by atoms with Gasteiger partial charge in [0.1, 0.15) is 12.3 Å². The van der Waals surface area contributed by atoms with E-state index in [2.05, 4.69) is 0 Å². The van der Waals surface area contributed by atoms with Gasteiger partial charge >= 0.3 is 0 Å². The molecule has 5 nitrogen and oxygen atoms in total. The summed E-state index contributed by atoms with van der Waals surface area (Å²) >= 11 is 0. The first-order valence-corrected chi connectivity index (χ1v) is 8.19. The molecule has 5 heteroatoms. The van der Waals surface area contributed by atoms with Gasteiger partial charge in [-0.3, -0.25) is 4.79 Å². The van der Waals surface area contributed by atoms with E-state index in [1.807, 2.05) is 39.9 Å². The highest BCUT2D eigenvalue weighted by atomic mass is 16.5. The van der Waals surface area contributed by atoms with Crippen molar-refractivity contribution in [1.82, 2.24) is 9.47 Å². The molecule has 0 spiro atoms. The highest BCUT2D eigenvalue weighted by molar-refractivity contribution is 5.84. The average molecular weight is 316 g/mol. The molecule has 0 aliphatic carbocycles. The van der Waals surface area contributed by atoms with Crippen LogP contribution in [0.15, 0.2) is 30.5 Å². The van der Waals surface area contributed by atoms with Crippen LogP contribution in [0.4, 0.5) is 0 Å². The van der Waals surface area contributed by atoms with Crippen molar-refractivity contribution in [3.8, 4) is 5.75 Å². The lowest BCUT2D eigenvalue weighted by molar-refractivity contribution is -0.133. The second-order valence-electron chi connectivity index (χ2n) is 6.34. The number of carbonyl (C=O) groups excluding carboxylic acids is 1. The van der Waals surface area contributed by atoms with Crippen LogP contribution in [-0.4, -0.2) is 46.3 Å². The number of benzene rings is 1. The SMILES string of the molecule is COc1ccc2c(ccn2CC(=O)N2CCCC2CC(C)O)c1. The molecule has 124 valence electrons. The van der Waals surface area contributed by atoms with E-state index in [1.54, 1.807) is 14.0 Å². The second-order valence-corrected chi connectivity index (χ2v) is 6.34. The predicted molar refractivity (Wildman–Crippen MR) is 89.5 cm³/mol. The van der Waals surface area contributed by atoms with Crippen LogP contribution in [0.3, 0.4) is 0 Å². The highest BCUT2D eigenvalue weighted by Gasteiger charge is 2.29. The minimum Gasteiger partial charge on any atom is -0.497 e. The van der Waals surface area contributed by atoms with Crippen molar-refractivity contribution in [3.05, 3.63) is 30.5 Å². The molecule has 2 heterocycles. The van der Waals surface area contributed by atoms with E-state index in [4.69, 9.17) is 4.74 Å². The van der Waals surface area contributed by atoms with Crippen molar-refractivity contribution < 1.29 is 14.6 Å². The van der Waals surface area contributed by atoms with E-state index in [9.17, 15) is 9.90 Å². The van der Waals surface area contributed by atoms with Crippen LogP contribution >= 0.6 is 0 Å². The lowest BCUT2D eigenvalue weighted by atomic mass is 10.1. The molecule has 3 rings (SSSR count). The van der Waals surface area contributed by atoms with E-state index in [1.165, 1.54) is 0 Å². The van der Waals surface area contributed by atoms with Gasteiger partial charge in [-0.1, -0.05) is 0 Å². The molecule has 1 saturated heterocycles. The molecule has 2 unspecified atom stereocenters. The molecule has 0 radical (unpaired) electrons. The largest absolute Gasteiger partial charge is 0.497 e. The van der Waals surface area contributed by atoms with E-state index in [0.717, 1.165) is 36.0 Å². The average Bonchev–Trinajstić information content (AvgIpc) is 3.13. The molecular formula is C18H24N2O3.